The summed E-state index contributed by atoms with van der Waals surface area (Å²) in [6, 6.07) is 23.3. The molecule has 0 aliphatic carbocycles. The third kappa shape index (κ3) is 5.98. The highest BCUT2D eigenvalue weighted by molar-refractivity contribution is 7.92. The van der Waals surface area contributed by atoms with E-state index in [4.69, 9.17) is 0 Å². The first kappa shape index (κ1) is 24.0. The van der Waals surface area contributed by atoms with Crippen LogP contribution in [0.3, 0.4) is 0 Å². The topological polar surface area (TPSA) is 95.6 Å². The van der Waals surface area contributed by atoms with Crippen LogP contribution < -0.4 is 14.9 Å². The number of sulfonamides is 1. The Balaban J connectivity index is 1.81. The van der Waals surface area contributed by atoms with E-state index in [0.717, 1.165) is 16.1 Å². The van der Waals surface area contributed by atoms with Crippen LogP contribution in [-0.4, -0.2) is 32.5 Å². The van der Waals surface area contributed by atoms with E-state index in [1.54, 1.807) is 54.6 Å². The van der Waals surface area contributed by atoms with Crippen LogP contribution in [0.1, 0.15) is 35.8 Å². The Labute approximate surface area is 194 Å². The van der Waals surface area contributed by atoms with Gasteiger partial charge in [0, 0.05) is 0 Å². The monoisotopic (exact) mass is 465 g/mol. The third-order valence-corrected chi connectivity index (χ3v) is 6.42. The fraction of sp³-hybridized carbons (Fsp3) is 0.200. The van der Waals surface area contributed by atoms with Crippen LogP contribution in [0, 0.1) is 0 Å². The molecule has 0 spiro atoms. The molecule has 0 heterocycles. The van der Waals surface area contributed by atoms with Gasteiger partial charge in [-0.05, 0) is 43.7 Å². The molecule has 3 aromatic rings. The second kappa shape index (κ2) is 10.3. The van der Waals surface area contributed by atoms with Gasteiger partial charge < -0.3 is 10.6 Å². The molecule has 0 aliphatic rings. The van der Waals surface area contributed by atoms with Crippen LogP contribution in [0.4, 0.5) is 11.4 Å². The fourth-order valence-corrected chi connectivity index (χ4v) is 4.69. The average Bonchev–Trinajstić information content (AvgIpc) is 2.79. The minimum absolute atomic E-state index is 0.236. The highest BCUT2D eigenvalue weighted by Crippen LogP contribution is 2.23. The van der Waals surface area contributed by atoms with E-state index in [2.05, 4.69) is 10.6 Å². The lowest BCUT2D eigenvalue weighted by atomic mass is 10.1. The predicted octanol–water partition coefficient (Wildman–Crippen LogP) is 3.97. The van der Waals surface area contributed by atoms with Gasteiger partial charge in [-0.3, -0.25) is 13.9 Å². The van der Waals surface area contributed by atoms with Gasteiger partial charge in [-0.1, -0.05) is 60.7 Å². The lowest BCUT2D eigenvalue weighted by Crippen LogP contribution is -2.45. The Morgan fingerprint density at radius 3 is 1.97 bits per heavy atom. The molecule has 172 valence electrons. The summed E-state index contributed by atoms with van der Waals surface area (Å²) in [5.41, 5.74) is 1.91. The van der Waals surface area contributed by atoms with Crippen LogP contribution >= 0.6 is 0 Å². The smallest absolute Gasteiger partial charge is 0.253 e. The summed E-state index contributed by atoms with van der Waals surface area (Å²) in [6.07, 6.45) is 1.05. The number of nitrogens with one attached hydrogen (secondary N) is 2. The number of rotatable bonds is 8. The molecule has 3 aromatic carbocycles. The molecule has 2 atom stereocenters. The molecule has 0 bridgehead atoms. The highest BCUT2D eigenvalue weighted by Gasteiger charge is 2.29. The van der Waals surface area contributed by atoms with Crippen LogP contribution in [0.5, 0.6) is 0 Å². The molecule has 2 amide bonds. The van der Waals surface area contributed by atoms with Crippen molar-refractivity contribution in [2.75, 3.05) is 15.9 Å². The minimum Gasteiger partial charge on any atom is -0.345 e. The van der Waals surface area contributed by atoms with Gasteiger partial charge in [0.15, 0.2) is 0 Å². The van der Waals surface area contributed by atoms with Crippen molar-refractivity contribution < 1.29 is 18.0 Å². The van der Waals surface area contributed by atoms with Crippen LogP contribution in [0.25, 0.3) is 0 Å². The molecule has 0 unspecified atom stereocenters. The Bertz CT molecular complexity index is 1210. The normalized spacial score (nSPS) is 12.9. The van der Waals surface area contributed by atoms with E-state index in [0.29, 0.717) is 11.4 Å². The highest BCUT2D eigenvalue weighted by atomic mass is 32.2. The Morgan fingerprint density at radius 1 is 0.818 bits per heavy atom. The summed E-state index contributed by atoms with van der Waals surface area (Å²) < 4.78 is 25.9. The van der Waals surface area contributed by atoms with Crippen molar-refractivity contribution in [3.05, 3.63) is 96.1 Å². The van der Waals surface area contributed by atoms with E-state index in [9.17, 15) is 18.0 Å². The van der Waals surface area contributed by atoms with Gasteiger partial charge in [0.05, 0.1) is 29.2 Å². The number of amides is 2. The minimum atomic E-state index is -3.73. The summed E-state index contributed by atoms with van der Waals surface area (Å²) in [6.45, 7) is 3.38. The number of hydrogen-bond acceptors (Lipinski definition) is 4. The molecule has 0 saturated heterocycles. The number of para-hydroxylation sites is 2. The molecule has 2 N–H and O–H groups in total. The molecule has 0 saturated carbocycles. The van der Waals surface area contributed by atoms with Gasteiger partial charge in [0.25, 0.3) is 5.91 Å². The first-order chi connectivity index (χ1) is 15.7. The quantitative estimate of drug-likeness (QED) is 0.526. The van der Waals surface area contributed by atoms with E-state index >= 15 is 0 Å². The molecule has 0 aromatic heterocycles. The lowest BCUT2D eigenvalue weighted by Gasteiger charge is -2.28. The lowest BCUT2D eigenvalue weighted by molar-refractivity contribution is -0.116. The average molecular weight is 466 g/mol. The van der Waals surface area contributed by atoms with E-state index < -0.39 is 22.0 Å². The number of anilines is 2. The van der Waals surface area contributed by atoms with Crippen molar-refractivity contribution in [2.24, 2.45) is 0 Å². The maximum Gasteiger partial charge on any atom is 0.253 e. The van der Waals surface area contributed by atoms with Crippen molar-refractivity contribution in [1.82, 2.24) is 5.32 Å². The zero-order chi connectivity index (χ0) is 24.0. The van der Waals surface area contributed by atoms with Crippen molar-refractivity contribution >= 4 is 33.2 Å². The predicted molar refractivity (Wildman–Crippen MR) is 131 cm³/mol. The zero-order valence-corrected chi connectivity index (χ0v) is 19.5. The van der Waals surface area contributed by atoms with E-state index in [1.165, 1.54) is 6.92 Å². The van der Waals surface area contributed by atoms with Gasteiger partial charge in [0.1, 0.15) is 6.04 Å². The van der Waals surface area contributed by atoms with Crippen molar-refractivity contribution in [2.45, 2.75) is 25.9 Å². The SMILES string of the molecule is C[C@@H](NC(=O)c1ccccc1NC(=O)[C@H](C)N(c1ccccc1)S(C)(=O)=O)c1ccccc1. The van der Waals surface area contributed by atoms with E-state index in [-0.39, 0.29) is 17.5 Å². The second-order valence-corrected chi connectivity index (χ2v) is 9.57. The number of carbonyl (C=O) groups is 2. The summed E-state index contributed by atoms with van der Waals surface area (Å²) in [5.74, 6) is -0.904. The zero-order valence-electron chi connectivity index (χ0n) is 18.7. The van der Waals surface area contributed by atoms with Crippen LogP contribution in [0.2, 0.25) is 0 Å². The molecular weight excluding hydrogens is 438 g/mol. The largest absolute Gasteiger partial charge is 0.345 e. The molecule has 3 rings (SSSR count). The fourth-order valence-electron chi connectivity index (χ4n) is 3.51. The third-order valence-electron chi connectivity index (χ3n) is 5.18. The maximum absolute atomic E-state index is 13.0. The van der Waals surface area contributed by atoms with Gasteiger partial charge in [-0.15, -0.1) is 0 Å². The second-order valence-electron chi connectivity index (χ2n) is 7.71. The Hall–Kier alpha value is -3.65. The first-order valence-corrected chi connectivity index (χ1v) is 12.3. The summed E-state index contributed by atoms with van der Waals surface area (Å²) in [4.78, 5) is 26.0. The Morgan fingerprint density at radius 2 is 1.36 bits per heavy atom. The van der Waals surface area contributed by atoms with Crippen molar-refractivity contribution in [3.63, 3.8) is 0 Å². The molecule has 33 heavy (non-hydrogen) atoms. The molecular formula is C25H27N3O4S. The molecule has 0 fully saturated rings. The van der Waals surface area contributed by atoms with Crippen molar-refractivity contribution in [1.29, 1.82) is 0 Å². The first-order valence-electron chi connectivity index (χ1n) is 10.5. The molecule has 0 radical (unpaired) electrons. The molecule has 8 heteroatoms. The standard InChI is InChI=1S/C25H27N3O4S/c1-18(20-12-6-4-7-13-20)26-25(30)22-16-10-11-17-23(22)27-24(29)19(2)28(33(3,31)32)21-14-8-5-9-15-21/h4-19H,1-3H3,(H,26,30)(H,27,29)/t18-,19+/m1/s1. The van der Waals surface area contributed by atoms with Gasteiger partial charge in [0.2, 0.25) is 15.9 Å². The summed E-state index contributed by atoms with van der Waals surface area (Å²) in [5, 5.41) is 5.65. The number of nitrogens with zero attached hydrogens (tertiary/aromatic N) is 1. The van der Waals surface area contributed by atoms with E-state index in [1.807, 2.05) is 37.3 Å². The van der Waals surface area contributed by atoms with Crippen LogP contribution in [-0.2, 0) is 14.8 Å². The molecule has 7 nitrogen and oxygen atoms in total. The van der Waals surface area contributed by atoms with Crippen LogP contribution in [0.15, 0.2) is 84.9 Å². The number of benzene rings is 3. The van der Waals surface area contributed by atoms with Gasteiger partial charge >= 0.3 is 0 Å². The summed E-state index contributed by atoms with van der Waals surface area (Å²) >= 11 is 0. The van der Waals surface area contributed by atoms with Crippen molar-refractivity contribution in [3.8, 4) is 0 Å². The number of carbonyl (C=O) groups excluding carboxylic acids is 2. The molecule has 0 aliphatic heterocycles. The van der Waals surface area contributed by atoms with Gasteiger partial charge in [-0.2, -0.15) is 0 Å². The maximum atomic E-state index is 13.0. The van der Waals surface area contributed by atoms with Gasteiger partial charge in [-0.25, -0.2) is 8.42 Å². The Kier molecular flexibility index (Phi) is 7.50. The summed E-state index contributed by atoms with van der Waals surface area (Å²) in [7, 11) is -3.73. The number of hydrogen-bond donors (Lipinski definition) is 2.